The summed E-state index contributed by atoms with van der Waals surface area (Å²) < 4.78 is 13.6. The topological polar surface area (TPSA) is 65.5 Å². The van der Waals surface area contributed by atoms with E-state index in [-0.39, 0.29) is 11.4 Å². The van der Waals surface area contributed by atoms with Crippen molar-refractivity contribution in [2.75, 3.05) is 36.4 Å². The Morgan fingerprint density at radius 1 is 1.12 bits per heavy atom. The summed E-state index contributed by atoms with van der Waals surface area (Å²) in [6.07, 6.45) is 2.47. The van der Waals surface area contributed by atoms with Gasteiger partial charge in [0.2, 0.25) is 6.41 Å². The van der Waals surface area contributed by atoms with Gasteiger partial charge >= 0.3 is 0 Å². The summed E-state index contributed by atoms with van der Waals surface area (Å²) in [5.41, 5.74) is 1.23. The minimum absolute atomic E-state index is 0.123. The fourth-order valence-electron chi connectivity index (χ4n) is 2.54. The molecule has 1 N–H and O–H groups in total. The van der Waals surface area contributed by atoms with E-state index >= 15 is 0 Å². The summed E-state index contributed by atoms with van der Waals surface area (Å²) in [4.78, 5) is 30.8. The van der Waals surface area contributed by atoms with Gasteiger partial charge in [-0.25, -0.2) is 9.37 Å². The Morgan fingerprint density at radius 3 is 2.50 bits per heavy atom. The number of amides is 2. The van der Waals surface area contributed by atoms with Gasteiger partial charge in [0.1, 0.15) is 11.5 Å². The van der Waals surface area contributed by atoms with Crippen molar-refractivity contribution < 1.29 is 14.0 Å². The van der Waals surface area contributed by atoms with Gasteiger partial charge in [0.05, 0.1) is 17.6 Å². The van der Waals surface area contributed by atoms with Crippen LogP contribution in [0.1, 0.15) is 10.5 Å². The van der Waals surface area contributed by atoms with E-state index in [9.17, 15) is 14.0 Å². The molecule has 6 nitrogen and oxygen atoms in total. The maximum Gasteiger partial charge on any atom is 0.274 e. The molecule has 0 spiro atoms. The average Bonchev–Trinajstić information content (AvgIpc) is 2.64. The van der Waals surface area contributed by atoms with E-state index in [1.165, 1.54) is 12.1 Å². The molecule has 1 saturated heterocycles. The minimum Gasteiger partial charge on any atom is -0.367 e. The van der Waals surface area contributed by atoms with E-state index in [1.807, 2.05) is 0 Å². The summed E-state index contributed by atoms with van der Waals surface area (Å²) in [6.45, 7) is 2.78. The van der Waals surface area contributed by atoms with Gasteiger partial charge < -0.3 is 15.1 Å². The van der Waals surface area contributed by atoms with Crippen LogP contribution in [-0.2, 0) is 4.79 Å². The third-order valence-corrected chi connectivity index (χ3v) is 3.93. The molecule has 124 valence electrons. The molecule has 2 heterocycles. The van der Waals surface area contributed by atoms with Gasteiger partial charge in [0.25, 0.3) is 5.91 Å². The zero-order chi connectivity index (χ0) is 16.9. The fourth-order valence-corrected chi connectivity index (χ4v) is 2.54. The van der Waals surface area contributed by atoms with Crippen LogP contribution in [0, 0.1) is 5.82 Å². The maximum atomic E-state index is 13.6. The van der Waals surface area contributed by atoms with Crippen molar-refractivity contribution in [2.24, 2.45) is 0 Å². The second-order valence-corrected chi connectivity index (χ2v) is 5.46. The number of pyridine rings is 1. The quantitative estimate of drug-likeness (QED) is 0.869. The number of rotatable bonds is 4. The van der Waals surface area contributed by atoms with E-state index in [0.717, 1.165) is 25.2 Å². The van der Waals surface area contributed by atoms with Crippen molar-refractivity contribution >= 4 is 23.7 Å². The molecule has 1 aromatic heterocycles. The van der Waals surface area contributed by atoms with Gasteiger partial charge in [-0.3, -0.25) is 9.59 Å². The van der Waals surface area contributed by atoms with Crippen LogP contribution in [0.4, 0.5) is 15.8 Å². The van der Waals surface area contributed by atoms with Crippen LogP contribution in [0.2, 0.25) is 0 Å². The van der Waals surface area contributed by atoms with Crippen molar-refractivity contribution in [1.29, 1.82) is 0 Å². The molecule has 0 bridgehead atoms. The van der Waals surface area contributed by atoms with Crippen LogP contribution in [-0.4, -0.2) is 48.4 Å². The number of nitrogens with zero attached hydrogens (tertiary/aromatic N) is 3. The number of hydrogen-bond donors (Lipinski definition) is 1. The van der Waals surface area contributed by atoms with E-state index < -0.39 is 11.7 Å². The molecule has 2 amide bonds. The van der Waals surface area contributed by atoms with Crippen LogP contribution in [0.5, 0.6) is 0 Å². The molecule has 24 heavy (non-hydrogen) atoms. The highest BCUT2D eigenvalue weighted by Crippen LogP contribution is 2.17. The molecule has 0 aliphatic carbocycles. The number of benzene rings is 1. The predicted molar refractivity (Wildman–Crippen MR) is 88.4 cm³/mol. The lowest BCUT2D eigenvalue weighted by Crippen LogP contribution is -2.45. The summed E-state index contributed by atoms with van der Waals surface area (Å²) in [5.74, 6) is -0.951. The number of para-hydroxylation sites is 1. The summed E-state index contributed by atoms with van der Waals surface area (Å²) in [5, 5.41) is 2.50. The van der Waals surface area contributed by atoms with Crippen molar-refractivity contribution in [3.63, 3.8) is 0 Å². The number of nitrogens with one attached hydrogen (secondary N) is 1. The van der Waals surface area contributed by atoms with E-state index in [1.54, 1.807) is 35.4 Å². The van der Waals surface area contributed by atoms with Gasteiger partial charge in [-0.2, -0.15) is 0 Å². The number of aromatic nitrogens is 1. The highest BCUT2D eigenvalue weighted by atomic mass is 19.1. The Balaban J connectivity index is 1.65. The molecule has 1 fully saturated rings. The number of hydrogen-bond acceptors (Lipinski definition) is 4. The number of carbonyl (C=O) groups is 2. The fraction of sp³-hybridized carbons (Fsp3) is 0.235. The molecular formula is C17H17FN4O2. The Morgan fingerprint density at radius 2 is 1.88 bits per heavy atom. The van der Waals surface area contributed by atoms with E-state index in [2.05, 4.69) is 15.2 Å². The van der Waals surface area contributed by atoms with Gasteiger partial charge in [-0.1, -0.05) is 12.1 Å². The zero-order valence-corrected chi connectivity index (χ0v) is 13.0. The number of piperazine rings is 1. The largest absolute Gasteiger partial charge is 0.367 e. The molecule has 0 saturated carbocycles. The number of halogens is 1. The average molecular weight is 328 g/mol. The summed E-state index contributed by atoms with van der Waals surface area (Å²) in [7, 11) is 0. The SMILES string of the molecule is O=CN1CCN(c2ccc(C(=O)Nc3ccccc3F)nc2)CC1. The van der Waals surface area contributed by atoms with Gasteiger partial charge in [-0.15, -0.1) is 0 Å². The number of anilines is 2. The van der Waals surface area contributed by atoms with Crippen LogP contribution in [0.15, 0.2) is 42.6 Å². The first-order chi connectivity index (χ1) is 11.7. The Bertz CT molecular complexity index is 728. The summed E-state index contributed by atoms with van der Waals surface area (Å²) >= 11 is 0. The maximum absolute atomic E-state index is 13.6. The molecular weight excluding hydrogens is 311 g/mol. The molecule has 7 heteroatoms. The molecule has 0 unspecified atom stereocenters. The molecule has 1 aliphatic rings. The summed E-state index contributed by atoms with van der Waals surface area (Å²) in [6, 6.07) is 9.40. The Labute approximate surface area is 138 Å². The van der Waals surface area contributed by atoms with Crippen molar-refractivity contribution in [3.05, 3.63) is 54.1 Å². The molecule has 0 radical (unpaired) electrons. The first-order valence-corrected chi connectivity index (χ1v) is 7.63. The van der Waals surface area contributed by atoms with Gasteiger partial charge in [-0.05, 0) is 24.3 Å². The normalized spacial score (nSPS) is 14.4. The Kier molecular flexibility index (Phi) is 4.69. The van der Waals surface area contributed by atoms with Gasteiger partial charge in [0, 0.05) is 26.2 Å². The highest BCUT2D eigenvalue weighted by molar-refractivity contribution is 6.03. The monoisotopic (exact) mass is 328 g/mol. The highest BCUT2D eigenvalue weighted by Gasteiger charge is 2.17. The smallest absolute Gasteiger partial charge is 0.274 e. The second kappa shape index (κ2) is 7.08. The van der Waals surface area contributed by atoms with Crippen molar-refractivity contribution in [2.45, 2.75) is 0 Å². The lowest BCUT2D eigenvalue weighted by Gasteiger charge is -2.33. The molecule has 0 atom stereocenters. The minimum atomic E-state index is -0.490. The van der Waals surface area contributed by atoms with Crippen LogP contribution in [0.3, 0.4) is 0 Å². The lowest BCUT2D eigenvalue weighted by atomic mass is 10.2. The third kappa shape index (κ3) is 3.51. The third-order valence-electron chi connectivity index (χ3n) is 3.93. The zero-order valence-electron chi connectivity index (χ0n) is 13.0. The first-order valence-electron chi connectivity index (χ1n) is 7.63. The first kappa shape index (κ1) is 15.9. The lowest BCUT2D eigenvalue weighted by molar-refractivity contribution is -0.118. The van der Waals surface area contributed by atoms with E-state index in [0.29, 0.717) is 13.1 Å². The predicted octanol–water partition coefficient (Wildman–Crippen LogP) is 1.75. The molecule has 3 rings (SSSR count). The van der Waals surface area contributed by atoms with Gasteiger partial charge in [0.15, 0.2) is 0 Å². The second-order valence-electron chi connectivity index (χ2n) is 5.46. The molecule has 1 aliphatic heterocycles. The van der Waals surface area contributed by atoms with Crippen molar-refractivity contribution in [3.8, 4) is 0 Å². The standard InChI is InChI=1S/C17H17FN4O2/c18-14-3-1-2-4-15(14)20-17(24)16-6-5-13(11-19-16)22-9-7-21(12-23)8-10-22/h1-6,11-12H,7-10H2,(H,20,24). The van der Waals surface area contributed by atoms with Crippen LogP contribution < -0.4 is 10.2 Å². The number of carbonyl (C=O) groups excluding carboxylic acids is 2. The molecule has 1 aromatic carbocycles. The van der Waals surface area contributed by atoms with Crippen LogP contribution >= 0.6 is 0 Å². The van der Waals surface area contributed by atoms with E-state index in [4.69, 9.17) is 0 Å². The van der Waals surface area contributed by atoms with Crippen molar-refractivity contribution in [1.82, 2.24) is 9.88 Å². The molecule has 2 aromatic rings. The van der Waals surface area contributed by atoms with Crippen LogP contribution in [0.25, 0.3) is 0 Å². The Hall–Kier alpha value is -2.96.